The Morgan fingerprint density at radius 2 is 1.17 bits per heavy atom. The maximum absolute atomic E-state index is 12.6. The molecule has 9 nitrogen and oxygen atoms in total. The summed E-state index contributed by atoms with van der Waals surface area (Å²) in [5.74, 6) is -0.978. The number of phosphoric ester groups is 1. The molecule has 10 heteroatoms. The Bertz CT molecular complexity index is 1240. The average molecular weight is 774 g/mol. The molecule has 0 aromatic rings. The summed E-state index contributed by atoms with van der Waals surface area (Å²) < 4.78 is 33.7. The van der Waals surface area contributed by atoms with E-state index in [9.17, 15) is 19.0 Å². The molecule has 0 aliphatic heterocycles. The van der Waals surface area contributed by atoms with E-state index in [2.05, 4.69) is 38.2 Å². The molecule has 0 heterocycles. The van der Waals surface area contributed by atoms with E-state index in [-0.39, 0.29) is 26.1 Å². The van der Waals surface area contributed by atoms with Gasteiger partial charge in [0.1, 0.15) is 19.8 Å². The van der Waals surface area contributed by atoms with E-state index >= 15 is 0 Å². The number of carbonyl (C=O) groups is 2. The molecular formula is C44H72NO8P. The number of ether oxygens (including phenoxy) is 2. The smallest absolute Gasteiger partial charge is 0.306 e. The van der Waals surface area contributed by atoms with Gasteiger partial charge in [-0.1, -0.05) is 150 Å². The molecule has 0 N–H and O–H groups in total. The van der Waals surface area contributed by atoms with Crippen molar-refractivity contribution in [1.82, 2.24) is 0 Å². The van der Waals surface area contributed by atoms with Crippen LogP contribution in [0.5, 0.6) is 0 Å². The van der Waals surface area contributed by atoms with Crippen molar-refractivity contribution < 1.29 is 42.1 Å². The molecule has 2 unspecified atom stereocenters. The Labute approximate surface area is 328 Å². The minimum absolute atomic E-state index is 0.0537. The Morgan fingerprint density at radius 1 is 0.611 bits per heavy atom. The second kappa shape index (κ2) is 35.6. The summed E-state index contributed by atoms with van der Waals surface area (Å²) in [6, 6.07) is 0. The van der Waals surface area contributed by atoms with Crippen LogP contribution in [0.15, 0.2) is 97.2 Å². The van der Waals surface area contributed by atoms with Gasteiger partial charge in [-0.3, -0.25) is 14.2 Å². The summed E-state index contributed by atoms with van der Waals surface area (Å²) in [6.07, 6.45) is 45.9. The number of rotatable bonds is 34. The van der Waals surface area contributed by atoms with Gasteiger partial charge in [0.15, 0.2) is 6.10 Å². The molecule has 54 heavy (non-hydrogen) atoms. The van der Waals surface area contributed by atoms with Crippen molar-refractivity contribution in [2.45, 2.75) is 123 Å². The standard InChI is InChI=1S/C44H72NO8P/c1-6-8-10-12-14-16-18-20-21-22-23-25-26-28-30-32-34-36-43(46)50-40-42(41-52-54(48,49)51-39-38-45(3,4)5)53-44(47)37-35-33-31-29-27-24-19-17-15-13-11-9-7-2/h8,10,12,14,16,18,20-27,31,33,42H,6-7,9,11,13,15,17,19,28-30,32,34-41H2,1-5H3/b10-8+,14-12+,18-16+,21-20+,23-22+,26-25+,27-24+,33-31+. The number of esters is 2. The van der Waals surface area contributed by atoms with E-state index in [1.807, 2.05) is 94.1 Å². The van der Waals surface area contributed by atoms with Crippen molar-refractivity contribution in [2.75, 3.05) is 47.5 Å². The highest BCUT2D eigenvalue weighted by Gasteiger charge is 2.21. The lowest BCUT2D eigenvalue weighted by atomic mass is 10.1. The molecule has 0 amide bonds. The van der Waals surface area contributed by atoms with Crippen LogP contribution in [0.1, 0.15) is 117 Å². The van der Waals surface area contributed by atoms with E-state index in [1.165, 1.54) is 38.5 Å². The summed E-state index contributed by atoms with van der Waals surface area (Å²) in [6.45, 7) is 3.91. The molecular weight excluding hydrogens is 701 g/mol. The van der Waals surface area contributed by atoms with Crippen LogP contribution in [0.25, 0.3) is 0 Å². The first-order valence-corrected chi connectivity index (χ1v) is 21.5. The molecule has 0 aliphatic carbocycles. The fraction of sp³-hybridized carbons (Fsp3) is 0.591. The minimum atomic E-state index is -4.65. The van der Waals surface area contributed by atoms with Gasteiger partial charge in [-0.15, -0.1) is 0 Å². The molecule has 0 aromatic carbocycles. The molecule has 0 spiro atoms. The first-order valence-electron chi connectivity index (χ1n) is 20.0. The van der Waals surface area contributed by atoms with Crippen molar-refractivity contribution in [1.29, 1.82) is 0 Å². The van der Waals surface area contributed by atoms with Gasteiger partial charge in [-0.05, 0) is 51.4 Å². The minimum Gasteiger partial charge on any atom is -0.756 e. The molecule has 0 bridgehead atoms. The first kappa shape index (κ1) is 50.9. The SMILES string of the molecule is CC/C=C/C=C/C=C/C=C/C=C/C=C/CCCCCC(=O)OCC(COP(=O)([O-])OCC[N+](C)(C)C)OC(=O)CC/C=C/C/C=C/CCCCCCCC. The normalized spacial score (nSPS) is 14.7. The summed E-state index contributed by atoms with van der Waals surface area (Å²) in [5, 5.41) is 0. The van der Waals surface area contributed by atoms with E-state index in [0.29, 0.717) is 23.9 Å². The van der Waals surface area contributed by atoms with Gasteiger partial charge in [0, 0.05) is 12.8 Å². The number of nitrogens with zero attached hydrogens (tertiary/aromatic N) is 1. The number of hydrogen-bond donors (Lipinski definition) is 0. The number of carbonyl (C=O) groups excluding carboxylic acids is 2. The fourth-order valence-electron chi connectivity index (χ4n) is 4.62. The lowest BCUT2D eigenvalue weighted by molar-refractivity contribution is -0.870. The molecule has 0 aliphatic rings. The van der Waals surface area contributed by atoms with Crippen LogP contribution in [0, 0.1) is 0 Å². The Hall–Kier alpha value is -3.07. The summed E-state index contributed by atoms with van der Waals surface area (Å²) in [7, 11) is 1.09. The molecule has 2 atom stereocenters. The van der Waals surface area contributed by atoms with Gasteiger partial charge in [-0.25, -0.2) is 0 Å². The fourth-order valence-corrected chi connectivity index (χ4v) is 5.35. The third kappa shape index (κ3) is 38.6. The molecule has 0 rings (SSSR count). The molecule has 0 aromatic heterocycles. The number of phosphoric acid groups is 1. The quantitative estimate of drug-likeness (QED) is 0.0159. The highest BCUT2D eigenvalue weighted by Crippen LogP contribution is 2.38. The van der Waals surface area contributed by atoms with Gasteiger partial charge in [-0.2, -0.15) is 0 Å². The van der Waals surface area contributed by atoms with Crippen molar-refractivity contribution in [3.05, 3.63) is 97.2 Å². The Kier molecular flexibility index (Phi) is 33.6. The van der Waals surface area contributed by atoms with Crippen molar-refractivity contribution >= 4 is 19.8 Å². The third-order valence-electron chi connectivity index (χ3n) is 7.76. The van der Waals surface area contributed by atoms with Gasteiger partial charge in [0.2, 0.25) is 0 Å². The summed E-state index contributed by atoms with van der Waals surface area (Å²) in [5.41, 5.74) is 0. The van der Waals surface area contributed by atoms with E-state index in [0.717, 1.165) is 38.5 Å². The van der Waals surface area contributed by atoms with Crippen LogP contribution < -0.4 is 4.89 Å². The first-order chi connectivity index (χ1) is 26.0. The van der Waals surface area contributed by atoms with E-state index < -0.39 is 32.5 Å². The zero-order chi connectivity index (χ0) is 40.0. The lowest BCUT2D eigenvalue weighted by Crippen LogP contribution is -2.37. The van der Waals surface area contributed by atoms with Crippen molar-refractivity contribution in [3.8, 4) is 0 Å². The van der Waals surface area contributed by atoms with Crippen LogP contribution in [-0.4, -0.2) is 70.0 Å². The number of unbranched alkanes of at least 4 members (excludes halogenated alkanes) is 9. The van der Waals surface area contributed by atoms with Crippen LogP contribution in [-0.2, 0) is 32.7 Å². The van der Waals surface area contributed by atoms with Gasteiger partial charge >= 0.3 is 11.9 Å². The summed E-state index contributed by atoms with van der Waals surface area (Å²) in [4.78, 5) is 37.4. The van der Waals surface area contributed by atoms with E-state index in [4.69, 9.17) is 18.5 Å². The van der Waals surface area contributed by atoms with Crippen LogP contribution in [0.3, 0.4) is 0 Å². The molecule has 0 radical (unpaired) electrons. The van der Waals surface area contributed by atoms with Crippen LogP contribution >= 0.6 is 7.82 Å². The molecule has 0 fully saturated rings. The maximum Gasteiger partial charge on any atom is 0.306 e. The third-order valence-corrected chi connectivity index (χ3v) is 8.73. The Morgan fingerprint density at radius 3 is 1.80 bits per heavy atom. The average Bonchev–Trinajstić information content (AvgIpc) is 3.12. The maximum atomic E-state index is 12.6. The van der Waals surface area contributed by atoms with Gasteiger partial charge in [0.05, 0.1) is 27.7 Å². The number of allylic oxidation sites excluding steroid dienone is 16. The predicted molar refractivity (Wildman–Crippen MR) is 222 cm³/mol. The van der Waals surface area contributed by atoms with Gasteiger partial charge in [0.25, 0.3) is 7.82 Å². The molecule has 306 valence electrons. The predicted octanol–water partition coefficient (Wildman–Crippen LogP) is 10.4. The van der Waals surface area contributed by atoms with Crippen molar-refractivity contribution in [3.63, 3.8) is 0 Å². The zero-order valence-electron chi connectivity index (χ0n) is 34.1. The second-order valence-electron chi connectivity index (χ2n) is 14.1. The molecule has 0 saturated carbocycles. The Balaban J connectivity index is 4.61. The van der Waals surface area contributed by atoms with Gasteiger partial charge < -0.3 is 27.9 Å². The number of hydrogen-bond acceptors (Lipinski definition) is 8. The second-order valence-corrected chi connectivity index (χ2v) is 15.5. The number of quaternary nitrogens is 1. The highest BCUT2D eigenvalue weighted by molar-refractivity contribution is 7.45. The summed E-state index contributed by atoms with van der Waals surface area (Å²) >= 11 is 0. The monoisotopic (exact) mass is 773 g/mol. The van der Waals surface area contributed by atoms with Crippen molar-refractivity contribution in [2.24, 2.45) is 0 Å². The van der Waals surface area contributed by atoms with Crippen LogP contribution in [0.2, 0.25) is 0 Å². The lowest BCUT2D eigenvalue weighted by Gasteiger charge is -2.28. The van der Waals surface area contributed by atoms with Crippen LogP contribution in [0.4, 0.5) is 0 Å². The molecule has 0 saturated heterocycles. The largest absolute Gasteiger partial charge is 0.756 e. The van der Waals surface area contributed by atoms with E-state index in [1.54, 1.807) is 0 Å². The number of likely N-dealkylation sites (N-methyl/N-ethyl adjacent to an activating group) is 1. The highest BCUT2D eigenvalue weighted by atomic mass is 31.2. The zero-order valence-corrected chi connectivity index (χ0v) is 35.0. The topological polar surface area (TPSA) is 111 Å².